The van der Waals surface area contributed by atoms with Crippen molar-refractivity contribution in [3.05, 3.63) is 76.0 Å². The quantitative estimate of drug-likeness (QED) is 0.585. The van der Waals surface area contributed by atoms with Gasteiger partial charge in [0.25, 0.3) is 17.7 Å². The van der Waals surface area contributed by atoms with E-state index in [9.17, 15) is 14.4 Å². The molecule has 1 unspecified atom stereocenters. The van der Waals surface area contributed by atoms with E-state index in [1.807, 2.05) is 44.2 Å². The molecule has 0 radical (unpaired) electrons. The zero-order chi connectivity index (χ0) is 23.5. The predicted octanol–water partition coefficient (Wildman–Crippen LogP) is 5.05. The zero-order valence-electron chi connectivity index (χ0n) is 18.9. The number of hydrogen-bond acceptors (Lipinski definition) is 4. The summed E-state index contributed by atoms with van der Waals surface area (Å²) in [6.45, 7) is 3.79. The van der Waals surface area contributed by atoms with Gasteiger partial charge >= 0.3 is 0 Å². The summed E-state index contributed by atoms with van der Waals surface area (Å²) in [6.07, 6.45) is 4.74. The summed E-state index contributed by atoms with van der Waals surface area (Å²) in [6, 6.07) is 14.7. The Hall–Kier alpha value is -3.12. The molecular weight excluding hydrogens is 438 g/mol. The lowest BCUT2D eigenvalue weighted by molar-refractivity contribution is -0.140. The van der Waals surface area contributed by atoms with Crippen LogP contribution in [-0.2, 0) is 9.59 Å². The molecule has 2 aromatic carbocycles. The molecule has 2 N–H and O–H groups in total. The Morgan fingerprint density at radius 3 is 2.42 bits per heavy atom. The Kier molecular flexibility index (Phi) is 6.84. The minimum atomic E-state index is -0.445. The van der Waals surface area contributed by atoms with E-state index in [0.717, 1.165) is 43.2 Å². The van der Waals surface area contributed by atoms with Crippen LogP contribution >= 0.6 is 11.6 Å². The minimum Gasteiger partial charge on any atom is -0.349 e. The molecule has 1 aliphatic heterocycles. The molecule has 2 aromatic rings. The average molecular weight is 466 g/mol. The van der Waals surface area contributed by atoms with Crippen molar-refractivity contribution in [3.8, 4) is 0 Å². The van der Waals surface area contributed by atoms with Crippen LogP contribution in [0.25, 0.3) is 0 Å². The first-order valence-corrected chi connectivity index (χ1v) is 11.8. The number of halogens is 1. The molecule has 1 aliphatic carbocycles. The number of nitrogens with zero attached hydrogens (tertiary/aromatic N) is 1. The van der Waals surface area contributed by atoms with E-state index >= 15 is 0 Å². The molecule has 1 fully saturated rings. The second-order valence-corrected chi connectivity index (χ2v) is 9.10. The maximum atomic E-state index is 13.1. The van der Waals surface area contributed by atoms with Crippen molar-refractivity contribution in [1.82, 2.24) is 10.2 Å². The number of hydrogen-bond donors (Lipinski definition) is 2. The van der Waals surface area contributed by atoms with E-state index in [-0.39, 0.29) is 28.7 Å². The van der Waals surface area contributed by atoms with Crippen LogP contribution in [0.2, 0.25) is 0 Å². The molecule has 0 aromatic heterocycles. The summed E-state index contributed by atoms with van der Waals surface area (Å²) in [5.41, 5.74) is 2.92. The van der Waals surface area contributed by atoms with Crippen molar-refractivity contribution < 1.29 is 14.4 Å². The minimum absolute atomic E-state index is 0.0746. The van der Waals surface area contributed by atoms with Gasteiger partial charge in [0.1, 0.15) is 10.7 Å². The molecule has 7 heteroatoms. The second-order valence-electron chi connectivity index (χ2n) is 8.72. The zero-order valence-corrected chi connectivity index (χ0v) is 19.6. The van der Waals surface area contributed by atoms with Crippen LogP contribution in [0, 0.1) is 6.92 Å². The first-order chi connectivity index (χ1) is 15.9. The topological polar surface area (TPSA) is 78.5 Å². The van der Waals surface area contributed by atoms with Gasteiger partial charge in [-0.15, -0.1) is 0 Å². The van der Waals surface area contributed by atoms with Crippen LogP contribution in [0.5, 0.6) is 0 Å². The van der Waals surface area contributed by atoms with Crippen LogP contribution in [0.1, 0.15) is 66.6 Å². The monoisotopic (exact) mass is 465 g/mol. The number of anilines is 1. The Balaban J connectivity index is 1.51. The summed E-state index contributed by atoms with van der Waals surface area (Å²) in [5, 5.41) is 5.94. The highest BCUT2D eigenvalue weighted by Gasteiger charge is 2.42. The number of benzene rings is 2. The van der Waals surface area contributed by atoms with Gasteiger partial charge in [-0.25, -0.2) is 0 Å². The predicted molar refractivity (Wildman–Crippen MR) is 129 cm³/mol. The van der Waals surface area contributed by atoms with Gasteiger partial charge in [0, 0.05) is 17.3 Å². The van der Waals surface area contributed by atoms with E-state index < -0.39 is 11.8 Å². The van der Waals surface area contributed by atoms with Gasteiger partial charge in [-0.1, -0.05) is 67.3 Å². The molecule has 3 amide bonds. The summed E-state index contributed by atoms with van der Waals surface area (Å²) < 4.78 is 0. The molecule has 0 saturated heterocycles. The number of rotatable bonds is 6. The van der Waals surface area contributed by atoms with Crippen molar-refractivity contribution in [3.63, 3.8) is 0 Å². The number of amides is 3. The fourth-order valence-corrected chi connectivity index (χ4v) is 4.66. The third-order valence-corrected chi connectivity index (χ3v) is 6.76. The lowest BCUT2D eigenvalue weighted by Crippen LogP contribution is -2.42. The van der Waals surface area contributed by atoms with E-state index in [4.69, 9.17) is 11.6 Å². The highest BCUT2D eigenvalue weighted by molar-refractivity contribution is 6.48. The summed E-state index contributed by atoms with van der Waals surface area (Å²) in [4.78, 5) is 40.0. The first kappa shape index (κ1) is 23.1. The highest BCUT2D eigenvalue weighted by atomic mass is 35.5. The van der Waals surface area contributed by atoms with Gasteiger partial charge < -0.3 is 10.6 Å². The van der Waals surface area contributed by atoms with Gasteiger partial charge in [0.05, 0.1) is 6.04 Å². The average Bonchev–Trinajstić information content (AvgIpc) is 3.04. The fourth-order valence-electron chi connectivity index (χ4n) is 4.44. The van der Waals surface area contributed by atoms with E-state index in [1.165, 1.54) is 4.90 Å². The third kappa shape index (κ3) is 4.81. The van der Waals surface area contributed by atoms with Crippen molar-refractivity contribution in [1.29, 1.82) is 0 Å². The largest absolute Gasteiger partial charge is 0.349 e. The maximum absolute atomic E-state index is 13.1. The van der Waals surface area contributed by atoms with Crippen LogP contribution in [0.15, 0.2) is 59.3 Å². The molecule has 1 heterocycles. The molecule has 0 spiro atoms. The second kappa shape index (κ2) is 9.79. The van der Waals surface area contributed by atoms with E-state index in [2.05, 4.69) is 10.6 Å². The number of carbonyl (C=O) groups excluding carboxylic acids is 3. The Bertz CT molecular complexity index is 1110. The maximum Gasteiger partial charge on any atom is 0.279 e. The van der Waals surface area contributed by atoms with Gasteiger partial charge in [-0.3, -0.25) is 19.3 Å². The van der Waals surface area contributed by atoms with Crippen LogP contribution in [0.3, 0.4) is 0 Å². The van der Waals surface area contributed by atoms with Crippen molar-refractivity contribution in [2.45, 2.75) is 58.0 Å². The van der Waals surface area contributed by atoms with Gasteiger partial charge in [0.15, 0.2) is 0 Å². The number of carbonyl (C=O) groups is 3. The van der Waals surface area contributed by atoms with Crippen LogP contribution < -0.4 is 10.6 Å². The SMILES string of the molecule is Cc1ccc(C(=O)NC(C)c2ccccc2)cc1NC1=C(Cl)C(=O)N(C2CCCCC2)C1=O. The van der Waals surface area contributed by atoms with Crippen LogP contribution in [-0.4, -0.2) is 28.7 Å². The summed E-state index contributed by atoms with van der Waals surface area (Å²) >= 11 is 6.30. The van der Waals surface area contributed by atoms with Crippen LogP contribution in [0.4, 0.5) is 5.69 Å². The van der Waals surface area contributed by atoms with E-state index in [1.54, 1.807) is 18.2 Å². The molecular formula is C26H28ClN3O3. The fraction of sp³-hybridized carbons (Fsp3) is 0.346. The molecule has 2 aliphatic rings. The Labute approximate surface area is 199 Å². The lowest BCUT2D eigenvalue weighted by Gasteiger charge is -2.29. The van der Waals surface area contributed by atoms with Crippen molar-refractivity contribution >= 4 is 35.0 Å². The Morgan fingerprint density at radius 1 is 1.03 bits per heavy atom. The molecule has 0 bridgehead atoms. The number of imide groups is 1. The molecule has 1 saturated carbocycles. The molecule has 172 valence electrons. The smallest absolute Gasteiger partial charge is 0.279 e. The normalized spacial score (nSPS) is 18.0. The lowest BCUT2D eigenvalue weighted by atomic mass is 9.94. The van der Waals surface area contributed by atoms with Gasteiger partial charge in [-0.2, -0.15) is 0 Å². The summed E-state index contributed by atoms with van der Waals surface area (Å²) in [5.74, 6) is -1.07. The highest BCUT2D eigenvalue weighted by Crippen LogP contribution is 2.33. The number of aryl methyl sites for hydroxylation is 1. The molecule has 33 heavy (non-hydrogen) atoms. The van der Waals surface area contributed by atoms with E-state index in [0.29, 0.717) is 11.3 Å². The summed E-state index contributed by atoms with van der Waals surface area (Å²) in [7, 11) is 0. The van der Waals surface area contributed by atoms with Gasteiger partial charge in [-0.05, 0) is 49.9 Å². The third-order valence-electron chi connectivity index (χ3n) is 6.41. The number of nitrogens with one attached hydrogen (secondary N) is 2. The molecule has 6 nitrogen and oxygen atoms in total. The van der Waals surface area contributed by atoms with Gasteiger partial charge in [0.2, 0.25) is 0 Å². The molecule has 4 rings (SSSR count). The van der Waals surface area contributed by atoms with Crippen molar-refractivity contribution in [2.75, 3.05) is 5.32 Å². The first-order valence-electron chi connectivity index (χ1n) is 11.4. The Morgan fingerprint density at radius 2 is 1.73 bits per heavy atom. The molecule has 1 atom stereocenters. The standard InChI is InChI=1S/C26H28ClN3O3/c1-16-13-14-19(24(31)28-17(2)18-9-5-3-6-10-18)15-21(16)29-23-22(27)25(32)30(26(23)33)20-11-7-4-8-12-20/h3,5-6,9-10,13-15,17,20,29H,4,7-8,11-12H2,1-2H3,(H,28,31). The van der Waals surface area contributed by atoms with Crippen molar-refractivity contribution in [2.24, 2.45) is 0 Å².